The average molecular weight is 324 g/mol. The van der Waals surface area contributed by atoms with Gasteiger partial charge in [-0.2, -0.15) is 0 Å². The Hall–Kier alpha value is -0.810. The molecule has 2 rings (SSSR count). The van der Waals surface area contributed by atoms with Crippen LogP contribution >= 0.6 is 0 Å². The lowest BCUT2D eigenvalue weighted by molar-refractivity contribution is 0.182. The molecule has 2 N–H and O–H groups in total. The van der Waals surface area contributed by atoms with E-state index in [0.29, 0.717) is 6.04 Å². The zero-order valence-electron chi connectivity index (χ0n) is 15.5. The molecular formula is C18H37N5. The molecule has 0 aromatic carbocycles. The third kappa shape index (κ3) is 6.30. The summed E-state index contributed by atoms with van der Waals surface area (Å²) in [6.07, 6.45) is 6.61. The molecule has 0 aromatic rings. The number of nitrogens with zero attached hydrogens (tertiary/aromatic N) is 3. The van der Waals surface area contributed by atoms with Crippen molar-refractivity contribution in [1.29, 1.82) is 0 Å². The van der Waals surface area contributed by atoms with Crippen LogP contribution in [0, 0.1) is 5.92 Å². The van der Waals surface area contributed by atoms with Crippen LogP contribution in [0.2, 0.25) is 0 Å². The Morgan fingerprint density at radius 1 is 1.17 bits per heavy atom. The first-order chi connectivity index (χ1) is 11.2. The Labute approximate surface area is 142 Å². The van der Waals surface area contributed by atoms with E-state index in [9.17, 15) is 0 Å². The molecule has 2 fully saturated rings. The summed E-state index contributed by atoms with van der Waals surface area (Å²) in [5.41, 5.74) is 0. The van der Waals surface area contributed by atoms with E-state index >= 15 is 0 Å². The van der Waals surface area contributed by atoms with Gasteiger partial charge in [-0.05, 0) is 64.2 Å². The molecule has 2 unspecified atom stereocenters. The Bertz CT molecular complexity index is 357. The second-order valence-electron chi connectivity index (χ2n) is 7.21. The molecular weight excluding hydrogens is 286 g/mol. The quantitative estimate of drug-likeness (QED) is 0.426. The summed E-state index contributed by atoms with van der Waals surface area (Å²) in [5, 5.41) is 6.98. The van der Waals surface area contributed by atoms with Gasteiger partial charge in [-0.25, -0.2) is 0 Å². The fourth-order valence-corrected chi connectivity index (χ4v) is 3.98. The lowest BCUT2D eigenvalue weighted by atomic mass is 10.0. The van der Waals surface area contributed by atoms with Crippen molar-refractivity contribution in [3.05, 3.63) is 0 Å². The molecule has 0 bridgehead atoms. The Morgan fingerprint density at radius 2 is 2.00 bits per heavy atom. The van der Waals surface area contributed by atoms with E-state index in [1.807, 2.05) is 7.05 Å². The molecule has 23 heavy (non-hydrogen) atoms. The highest BCUT2D eigenvalue weighted by Gasteiger charge is 2.22. The van der Waals surface area contributed by atoms with Gasteiger partial charge in [0.15, 0.2) is 5.96 Å². The van der Waals surface area contributed by atoms with Gasteiger partial charge in [-0.15, -0.1) is 0 Å². The number of hydrogen-bond donors (Lipinski definition) is 2. The fourth-order valence-electron chi connectivity index (χ4n) is 3.98. The minimum atomic E-state index is 0.674. The van der Waals surface area contributed by atoms with E-state index < -0.39 is 0 Å². The van der Waals surface area contributed by atoms with Gasteiger partial charge >= 0.3 is 0 Å². The number of piperidine rings is 1. The largest absolute Gasteiger partial charge is 0.356 e. The summed E-state index contributed by atoms with van der Waals surface area (Å²) in [6.45, 7) is 12.8. The smallest absolute Gasteiger partial charge is 0.191 e. The Balaban J connectivity index is 1.58. The minimum Gasteiger partial charge on any atom is -0.356 e. The number of hydrogen-bond acceptors (Lipinski definition) is 3. The lowest BCUT2D eigenvalue weighted by Crippen LogP contribution is -2.45. The van der Waals surface area contributed by atoms with Crippen LogP contribution in [0.4, 0.5) is 0 Å². The van der Waals surface area contributed by atoms with Crippen molar-refractivity contribution in [2.45, 2.75) is 52.0 Å². The van der Waals surface area contributed by atoms with Crippen LogP contribution in [0.5, 0.6) is 0 Å². The van der Waals surface area contributed by atoms with Crippen LogP contribution < -0.4 is 10.6 Å². The number of guanidine groups is 1. The van der Waals surface area contributed by atoms with Crippen molar-refractivity contribution in [3.8, 4) is 0 Å². The van der Waals surface area contributed by atoms with Gasteiger partial charge < -0.3 is 15.5 Å². The first kappa shape index (κ1) is 18.5. The highest BCUT2D eigenvalue weighted by Crippen LogP contribution is 2.16. The minimum absolute atomic E-state index is 0.674. The summed E-state index contributed by atoms with van der Waals surface area (Å²) in [7, 11) is 1.87. The maximum Gasteiger partial charge on any atom is 0.191 e. The molecule has 5 nitrogen and oxygen atoms in total. The van der Waals surface area contributed by atoms with Crippen molar-refractivity contribution in [1.82, 2.24) is 20.4 Å². The highest BCUT2D eigenvalue weighted by atomic mass is 15.2. The van der Waals surface area contributed by atoms with Crippen LogP contribution in [0.25, 0.3) is 0 Å². The second-order valence-corrected chi connectivity index (χ2v) is 7.21. The summed E-state index contributed by atoms with van der Waals surface area (Å²) >= 11 is 0. The van der Waals surface area contributed by atoms with E-state index in [4.69, 9.17) is 0 Å². The first-order valence-electron chi connectivity index (χ1n) is 9.63. The molecule has 2 aliphatic rings. The first-order valence-corrected chi connectivity index (χ1v) is 9.63. The van der Waals surface area contributed by atoms with E-state index in [1.165, 1.54) is 58.3 Å². The molecule has 0 saturated carbocycles. The van der Waals surface area contributed by atoms with Gasteiger partial charge in [-0.1, -0.05) is 13.8 Å². The molecule has 2 saturated heterocycles. The van der Waals surface area contributed by atoms with Crippen LogP contribution in [0.1, 0.15) is 46.0 Å². The Kier molecular flexibility index (Phi) is 8.17. The van der Waals surface area contributed by atoms with Gasteiger partial charge in [0.05, 0.1) is 0 Å². The molecule has 0 aromatic heterocycles. The molecule has 0 radical (unpaired) electrons. The van der Waals surface area contributed by atoms with Crippen molar-refractivity contribution in [2.24, 2.45) is 10.9 Å². The van der Waals surface area contributed by atoms with Crippen molar-refractivity contribution >= 4 is 5.96 Å². The third-order valence-electron chi connectivity index (χ3n) is 5.32. The standard InChI is InChI=1S/C18H37N5/c1-4-23-13-6-9-17(23)14-21-18(19-3)20-10-7-12-22-11-5-8-16(2)15-22/h16-17H,4-15H2,1-3H3,(H2,19,20,21). The normalized spacial score (nSPS) is 27.3. The topological polar surface area (TPSA) is 42.9 Å². The van der Waals surface area contributed by atoms with Crippen LogP contribution in [-0.4, -0.2) is 74.7 Å². The van der Waals surface area contributed by atoms with E-state index in [1.54, 1.807) is 0 Å². The number of likely N-dealkylation sites (tertiary alicyclic amines) is 2. The van der Waals surface area contributed by atoms with Gasteiger partial charge in [0.25, 0.3) is 0 Å². The van der Waals surface area contributed by atoms with Gasteiger partial charge in [0, 0.05) is 32.7 Å². The molecule has 5 heteroatoms. The maximum absolute atomic E-state index is 4.36. The molecule has 0 aliphatic carbocycles. The van der Waals surface area contributed by atoms with Crippen LogP contribution in [0.15, 0.2) is 4.99 Å². The number of nitrogens with one attached hydrogen (secondary N) is 2. The lowest BCUT2D eigenvalue weighted by Gasteiger charge is -2.30. The molecule has 134 valence electrons. The molecule has 2 heterocycles. The van der Waals surface area contributed by atoms with E-state index in [2.05, 4.69) is 39.3 Å². The van der Waals surface area contributed by atoms with Crippen LogP contribution in [-0.2, 0) is 0 Å². The predicted molar refractivity (Wildman–Crippen MR) is 99.1 cm³/mol. The molecule has 2 atom stereocenters. The number of rotatable bonds is 7. The molecule has 2 aliphatic heterocycles. The predicted octanol–water partition coefficient (Wildman–Crippen LogP) is 1.76. The number of likely N-dealkylation sites (N-methyl/N-ethyl adjacent to an activating group) is 1. The molecule has 0 spiro atoms. The summed E-state index contributed by atoms with van der Waals surface area (Å²) in [6, 6.07) is 0.674. The third-order valence-corrected chi connectivity index (χ3v) is 5.32. The van der Waals surface area contributed by atoms with Crippen molar-refractivity contribution in [2.75, 3.05) is 52.9 Å². The summed E-state index contributed by atoms with van der Waals surface area (Å²) in [5.74, 6) is 1.83. The summed E-state index contributed by atoms with van der Waals surface area (Å²) in [4.78, 5) is 9.54. The summed E-state index contributed by atoms with van der Waals surface area (Å²) < 4.78 is 0. The highest BCUT2D eigenvalue weighted by molar-refractivity contribution is 5.79. The Morgan fingerprint density at radius 3 is 2.74 bits per heavy atom. The van der Waals surface area contributed by atoms with E-state index in [-0.39, 0.29) is 0 Å². The second kappa shape index (κ2) is 10.1. The van der Waals surface area contributed by atoms with Crippen molar-refractivity contribution in [3.63, 3.8) is 0 Å². The fraction of sp³-hybridized carbons (Fsp3) is 0.944. The van der Waals surface area contributed by atoms with E-state index in [0.717, 1.165) is 31.5 Å². The number of aliphatic imine (C=N–C) groups is 1. The monoisotopic (exact) mass is 323 g/mol. The van der Waals surface area contributed by atoms with Gasteiger partial charge in [0.1, 0.15) is 0 Å². The molecule has 0 amide bonds. The SMILES string of the molecule is CCN1CCCC1CNC(=NC)NCCCN1CCCC(C)C1. The van der Waals surface area contributed by atoms with Crippen molar-refractivity contribution < 1.29 is 0 Å². The van der Waals surface area contributed by atoms with Crippen LogP contribution in [0.3, 0.4) is 0 Å². The zero-order valence-corrected chi connectivity index (χ0v) is 15.5. The maximum atomic E-state index is 4.36. The van der Waals surface area contributed by atoms with Gasteiger partial charge in [-0.3, -0.25) is 9.89 Å². The zero-order chi connectivity index (χ0) is 16.5. The average Bonchev–Trinajstić information content (AvgIpc) is 3.02. The van der Waals surface area contributed by atoms with Gasteiger partial charge in [0.2, 0.25) is 0 Å².